The number of benzene rings is 1. The first kappa shape index (κ1) is 21.3. The minimum atomic E-state index is 0. The number of anilines is 2. The molecule has 25 heavy (non-hydrogen) atoms. The van der Waals surface area contributed by atoms with Gasteiger partial charge in [0.1, 0.15) is 0 Å². The van der Waals surface area contributed by atoms with Crippen molar-refractivity contribution in [1.29, 1.82) is 0 Å². The van der Waals surface area contributed by atoms with Crippen molar-refractivity contribution in [1.82, 2.24) is 19.7 Å². The van der Waals surface area contributed by atoms with Gasteiger partial charge < -0.3 is 16.0 Å². The molecule has 0 saturated heterocycles. The van der Waals surface area contributed by atoms with Crippen LogP contribution in [0.4, 0.5) is 11.4 Å². The fraction of sp³-hybridized carbons (Fsp3) is 0.412. The Labute approximate surface area is 160 Å². The number of nitrogen functional groups attached to an aromatic ring is 1. The number of rotatable bonds is 5. The summed E-state index contributed by atoms with van der Waals surface area (Å²) >= 11 is 0. The zero-order valence-electron chi connectivity index (χ0n) is 15.0. The lowest BCUT2D eigenvalue weighted by molar-refractivity contribution is 0.405. The average molecular weight is 385 g/mol. The first-order valence-electron chi connectivity index (χ1n) is 7.88. The lowest BCUT2D eigenvalue weighted by atomic mass is 10.1. The van der Waals surface area contributed by atoms with Gasteiger partial charge in [0.15, 0.2) is 5.65 Å². The quantitative estimate of drug-likeness (QED) is 0.521. The topological polar surface area (TPSA) is 72.0 Å². The summed E-state index contributed by atoms with van der Waals surface area (Å²) in [6, 6.07) is 5.85. The Bertz CT molecular complexity index is 859. The van der Waals surface area contributed by atoms with Gasteiger partial charge in [-0.25, -0.2) is 4.98 Å². The zero-order chi connectivity index (χ0) is 16.6. The molecule has 3 rings (SSSR count). The molecule has 0 aliphatic rings. The maximum atomic E-state index is 5.99. The van der Waals surface area contributed by atoms with E-state index in [2.05, 4.69) is 29.4 Å². The summed E-state index contributed by atoms with van der Waals surface area (Å²) in [6.07, 6.45) is 1.07. The summed E-state index contributed by atoms with van der Waals surface area (Å²) in [5.74, 6) is 0. The Balaban J connectivity index is 0.00000156. The number of pyridine rings is 1. The standard InChI is InChI=1S/C17H24N6.2ClH/c1-11-15-16(19-8-5-9-22(2)3)13-10-12(18)6-7-14(13)20-17(15)23(4)21-11;;/h6-7,10H,5,8-9,18H2,1-4H3,(H,19,20);2*1H. The van der Waals surface area contributed by atoms with Crippen molar-refractivity contribution < 1.29 is 0 Å². The van der Waals surface area contributed by atoms with Gasteiger partial charge in [-0.1, -0.05) is 0 Å². The predicted molar refractivity (Wildman–Crippen MR) is 111 cm³/mol. The van der Waals surface area contributed by atoms with E-state index in [0.717, 1.165) is 58.5 Å². The molecule has 0 unspecified atom stereocenters. The van der Waals surface area contributed by atoms with Gasteiger partial charge in [0.2, 0.25) is 0 Å². The molecule has 0 fully saturated rings. The number of nitrogens with one attached hydrogen (secondary N) is 1. The predicted octanol–water partition coefficient (Wildman–Crippen LogP) is 3.22. The average Bonchev–Trinajstić information content (AvgIpc) is 2.77. The molecule has 0 atom stereocenters. The molecule has 3 aromatic rings. The molecule has 6 nitrogen and oxygen atoms in total. The highest BCUT2D eigenvalue weighted by Gasteiger charge is 2.15. The zero-order valence-corrected chi connectivity index (χ0v) is 16.7. The third-order valence-corrected chi connectivity index (χ3v) is 4.04. The van der Waals surface area contributed by atoms with Crippen LogP contribution in [0.2, 0.25) is 0 Å². The second kappa shape index (κ2) is 8.56. The summed E-state index contributed by atoms with van der Waals surface area (Å²) in [5.41, 5.74) is 10.6. The van der Waals surface area contributed by atoms with Crippen LogP contribution in [0, 0.1) is 6.92 Å². The fourth-order valence-electron chi connectivity index (χ4n) is 2.96. The lowest BCUT2D eigenvalue weighted by Gasteiger charge is -2.14. The molecule has 0 aliphatic heterocycles. The smallest absolute Gasteiger partial charge is 0.160 e. The molecule has 138 valence electrons. The number of hydrogen-bond acceptors (Lipinski definition) is 5. The highest BCUT2D eigenvalue weighted by atomic mass is 35.5. The number of aromatic nitrogens is 3. The molecule has 0 bridgehead atoms. The van der Waals surface area contributed by atoms with Gasteiger partial charge in [0.25, 0.3) is 0 Å². The molecule has 1 aromatic carbocycles. The summed E-state index contributed by atoms with van der Waals surface area (Å²) < 4.78 is 1.84. The monoisotopic (exact) mass is 384 g/mol. The van der Waals surface area contributed by atoms with E-state index in [1.165, 1.54) is 0 Å². The van der Waals surface area contributed by atoms with Crippen LogP contribution in [0.3, 0.4) is 0 Å². The molecule has 2 heterocycles. The summed E-state index contributed by atoms with van der Waals surface area (Å²) in [6.45, 7) is 3.97. The van der Waals surface area contributed by atoms with Gasteiger partial charge in [0, 0.05) is 24.7 Å². The molecule has 2 aromatic heterocycles. The number of halogens is 2. The molecule has 0 amide bonds. The second-order valence-electron chi connectivity index (χ2n) is 6.25. The van der Waals surface area contributed by atoms with Gasteiger partial charge in [-0.05, 0) is 52.2 Å². The van der Waals surface area contributed by atoms with Gasteiger partial charge in [-0.2, -0.15) is 5.10 Å². The summed E-state index contributed by atoms with van der Waals surface area (Å²) in [5, 5.41) is 10.3. The molecule has 3 N–H and O–H groups in total. The number of fused-ring (bicyclic) bond motifs is 2. The molecule has 0 radical (unpaired) electrons. The van der Waals surface area contributed by atoms with Crippen LogP contribution in [0.15, 0.2) is 18.2 Å². The number of aryl methyl sites for hydroxylation is 2. The molecule has 0 saturated carbocycles. The van der Waals surface area contributed by atoms with Crippen LogP contribution in [0.5, 0.6) is 0 Å². The Morgan fingerprint density at radius 3 is 2.64 bits per heavy atom. The van der Waals surface area contributed by atoms with Crippen molar-refractivity contribution in [3.8, 4) is 0 Å². The minimum absolute atomic E-state index is 0. The van der Waals surface area contributed by atoms with Crippen molar-refractivity contribution in [3.05, 3.63) is 23.9 Å². The first-order valence-corrected chi connectivity index (χ1v) is 7.88. The van der Waals surface area contributed by atoms with Crippen LogP contribution >= 0.6 is 24.8 Å². The molecule has 8 heteroatoms. The number of nitrogens with two attached hydrogens (primary N) is 1. The van der Waals surface area contributed by atoms with Crippen LogP contribution < -0.4 is 11.1 Å². The van der Waals surface area contributed by atoms with E-state index in [1.54, 1.807) is 0 Å². The van der Waals surface area contributed by atoms with E-state index in [9.17, 15) is 0 Å². The van der Waals surface area contributed by atoms with E-state index >= 15 is 0 Å². The molecule has 0 spiro atoms. The maximum absolute atomic E-state index is 5.99. The Morgan fingerprint density at radius 2 is 1.96 bits per heavy atom. The number of hydrogen-bond donors (Lipinski definition) is 2. The van der Waals surface area contributed by atoms with Crippen molar-refractivity contribution >= 4 is 58.1 Å². The third kappa shape index (κ3) is 4.26. The Kier molecular flexibility index (Phi) is 7.29. The molecule has 0 aliphatic carbocycles. The highest BCUT2D eigenvalue weighted by Crippen LogP contribution is 2.33. The van der Waals surface area contributed by atoms with Gasteiger partial charge >= 0.3 is 0 Å². The maximum Gasteiger partial charge on any atom is 0.160 e. The van der Waals surface area contributed by atoms with E-state index in [4.69, 9.17) is 10.7 Å². The van der Waals surface area contributed by atoms with Gasteiger partial charge in [0.05, 0.1) is 22.3 Å². The fourth-order valence-corrected chi connectivity index (χ4v) is 2.96. The van der Waals surface area contributed by atoms with Crippen LogP contribution in [-0.2, 0) is 7.05 Å². The van der Waals surface area contributed by atoms with Crippen molar-refractivity contribution in [3.63, 3.8) is 0 Å². The van der Waals surface area contributed by atoms with Crippen LogP contribution in [0.25, 0.3) is 21.9 Å². The SMILES string of the molecule is Cc1nn(C)c2nc3ccc(N)cc3c(NCCCN(C)C)c12.Cl.Cl. The third-order valence-electron chi connectivity index (χ3n) is 4.04. The van der Waals surface area contributed by atoms with E-state index in [1.807, 2.05) is 36.9 Å². The van der Waals surface area contributed by atoms with Crippen molar-refractivity contribution in [2.45, 2.75) is 13.3 Å². The van der Waals surface area contributed by atoms with E-state index < -0.39 is 0 Å². The Morgan fingerprint density at radius 1 is 1.24 bits per heavy atom. The van der Waals surface area contributed by atoms with E-state index in [0.29, 0.717) is 0 Å². The Hall–Kier alpha value is -1.76. The molecular formula is C17H26Cl2N6. The van der Waals surface area contributed by atoms with Crippen LogP contribution in [-0.4, -0.2) is 46.8 Å². The molecular weight excluding hydrogens is 359 g/mol. The first-order chi connectivity index (χ1) is 11.0. The summed E-state index contributed by atoms with van der Waals surface area (Å²) in [4.78, 5) is 6.94. The van der Waals surface area contributed by atoms with Gasteiger partial charge in [-0.3, -0.25) is 4.68 Å². The minimum Gasteiger partial charge on any atom is -0.399 e. The number of nitrogens with zero attached hydrogens (tertiary/aromatic N) is 4. The largest absolute Gasteiger partial charge is 0.399 e. The van der Waals surface area contributed by atoms with Crippen LogP contribution in [0.1, 0.15) is 12.1 Å². The highest BCUT2D eigenvalue weighted by molar-refractivity contribution is 6.08. The summed E-state index contributed by atoms with van der Waals surface area (Å²) in [7, 11) is 6.11. The normalized spacial score (nSPS) is 10.8. The lowest BCUT2D eigenvalue weighted by Crippen LogP contribution is -2.16. The van der Waals surface area contributed by atoms with Crippen molar-refractivity contribution in [2.75, 3.05) is 38.2 Å². The van der Waals surface area contributed by atoms with E-state index in [-0.39, 0.29) is 24.8 Å². The van der Waals surface area contributed by atoms with Crippen molar-refractivity contribution in [2.24, 2.45) is 7.05 Å². The second-order valence-corrected chi connectivity index (χ2v) is 6.25. The van der Waals surface area contributed by atoms with Gasteiger partial charge in [-0.15, -0.1) is 24.8 Å².